The highest BCUT2D eigenvalue weighted by molar-refractivity contribution is 5.85. The van der Waals surface area contributed by atoms with Crippen molar-refractivity contribution in [1.82, 2.24) is 14.8 Å². The first kappa shape index (κ1) is 11.6. The summed E-state index contributed by atoms with van der Waals surface area (Å²) in [5, 5.41) is 3.58. The van der Waals surface area contributed by atoms with Gasteiger partial charge < -0.3 is 10.2 Å². The third-order valence-corrected chi connectivity index (χ3v) is 2.54. The molecule has 5 nitrogen and oxygen atoms in total. The number of anilines is 1. The summed E-state index contributed by atoms with van der Waals surface area (Å²) in [6.07, 6.45) is -2.94. The average Bonchev–Trinajstić information content (AvgIpc) is 2.94. The van der Waals surface area contributed by atoms with Gasteiger partial charge in [-0.1, -0.05) is 6.07 Å². The van der Waals surface area contributed by atoms with E-state index in [9.17, 15) is 13.2 Å². The molecule has 98 valence electrons. The Labute approximate surface area is 104 Å². The topological polar surface area (TPSA) is 69.9 Å². The van der Waals surface area contributed by atoms with E-state index in [0.29, 0.717) is 23.0 Å². The first-order valence-corrected chi connectivity index (χ1v) is 5.22. The number of para-hydroxylation sites is 1. The van der Waals surface area contributed by atoms with E-state index in [1.54, 1.807) is 18.2 Å². The Kier molecular flexibility index (Phi) is 2.28. The van der Waals surface area contributed by atoms with Crippen molar-refractivity contribution in [1.29, 1.82) is 0 Å². The molecule has 0 fully saturated rings. The zero-order chi connectivity index (χ0) is 13.6. The van der Waals surface area contributed by atoms with Crippen LogP contribution in [0.5, 0.6) is 0 Å². The van der Waals surface area contributed by atoms with Crippen LogP contribution >= 0.6 is 0 Å². The van der Waals surface area contributed by atoms with Crippen LogP contribution < -0.4 is 5.73 Å². The van der Waals surface area contributed by atoms with Gasteiger partial charge in [0.2, 0.25) is 0 Å². The second-order valence-corrected chi connectivity index (χ2v) is 3.86. The zero-order valence-corrected chi connectivity index (χ0v) is 9.35. The molecule has 0 spiro atoms. The fourth-order valence-corrected chi connectivity index (χ4v) is 1.63. The molecule has 0 aliphatic rings. The highest BCUT2D eigenvalue weighted by Crippen LogP contribution is 2.29. The fourth-order valence-electron chi connectivity index (χ4n) is 1.63. The minimum Gasteiger partial charge on any atom is -0.422 e. The fraction of sp³-hybridized carbons (Fsp3) is 0.0909. The molecule has 8 heteroatoms. The van der Waals surface area contributed by atoms with E-state index in [0.717, 1.165) is 10.9 Å². The number of nitrogens with zero attached hydrogens (tertiary/aromatic N) is 3. The molecule has 1 aromatic carbocycles. The molecule has 3 aromatic rings. The van der Waals surface area contributed by atoms with Gasteiger partial charge in [0.05, 0.1) is 17.4 Å². The van der Waals surface area contributed by atoms with Crippen molar-refractivity contribution in [3.05, 3.63) is 36.2 Å². The molecular formula is C11H7F3N4O. The van der Waals surface area contributed by atoms with Crippen molar-refractivity contribution in [2.45, 2.75) is 6.18 Å². The molecule has 0 atom stereocenters. The number of alkyl halides is 3. The number of nitrogens with two attached hydrogens (primary N) is 1. The second kappa shape index (κ2) is 3.74. The molecule has 0 aliphatic carbocycles. The van der Waals surface area contributed by atoms with E-state index >= 15 is 0 Å². The predicted octanol–water partition coefficient (Wildman–Crippen LogP) is 2.61. The Morgan fingerprint density at radius 3 is 2.68 bits per heavy atom. The van der Waals surface area contributed by atoms with Crippen LogP contribution in [0.3, 0.4) is 0 Å². The second-order valence-electron chi connectivity index (χ2n) is 3.86. The van der Waals surface area contributed by atoms with Crippen molar-refractivity contribution in [2.24, 2.45) is 0 Å². The number of rotatable bonds is 1. The van der Waals surface area contributed by atoms with Crippen LogP contribution in [0.4, 0.5) is 18.9 Å². The maximum Gasteiger partial charge on any atom is 0.419 e. The molecule has 2 heterocycles. The summed E-state index contributed by atoms with van der Waals surface area (Å²) in [5.74, 6) is 0. The highest BCUT2D eigenvalue weighted by atomic mass is 19.4. The van der Waals surface area contributed by atoms with Gasteiger partial charge in [0, 0.05) is 6.20 Å². The van der Waals surface area contributed by atoms with Gasteiger partial charge in [0.1, 0.15) is 5.52 Å². The number of aromatic nitrogens is 3. The van der Waals surface area contributed by atoms with Gasteiger partial charge in [0.25, 0.3) is 0 Å². The van der Waals surface area contributed by atoms with Gasteiger partial charge in [-0.25, -0.2) is 0 Å². The van der Waals surface area contributed by atoms with Crippen LogP contribution in [0.2, 0.25) is 0 Å². The molecule has 0 aliphatic heterocycles. The van der Waals surface area contributed by atoms with Gasteiger partial charge in [-0.2, -0.15) is 27.9 Å². The number of hydrogen-bond acceptors (Lipinski definition) is 4. The number of hydrogen-bond donors (Lipinski definition) is 1. The maximum atomic E-state index is 12.5. The van der Waals surface area contributed by atoms with Crippen molar-refractivity contribution >= 4 is 16.8 Å². The van der Waals surface area contributed by atoms with E-state index in [1.807, 2.05) is 0 Å². The van der Waals surface area contributed by atoms with E-state index in [1.165, 1.54) is 0 Å². The molecule has 0 radical (unpaired) electrons. The molecule has 0 saturated heterocycles. The molecule has 0 unspecified atom stereocenters. The zero-order valence-electron chi connectivity index (χ0n) is 9.35. The van der Waals surface area contributed by atoms with Crippen LogP contribution in [0.15, 0.2) is 35.0 Å². The predicted molar refractivity (Wildman–Crippen MR) is 60.5 cm³/mol. The largest absolute Gasteiger partial charge is 0.422 e. The van der Waals surface area contributed by atoms with E-state index in [4.69, 9.17) is 10.2 Å². The average molecular weight is 268 g/mol. The van der Waals surface area contributed by atoms with E-state index in [-0.39, 0.29) is 6.01 Å². The van der Waals surface area contributed by atoms with Crippen LogP contribution in [-0.2, 0) is 6.18 Å². The van der Waals surface area contributed by atoms with Gasteiger partial charge in [-0.15, -0.1) is 0 Å². The summed E-state index contributed by atoms with van der Waals surface area (Å²) >= 11 is 0. The molecule has 0 amide bonds. The summed E-state index contributed by atoms with van der Waals surface area (Å²) in [5.41, 5.74) is 5.98. The molecule has 2 aromatic heterocycles. The van der Waals surface area contributed by atoms with Crippen molar-refractivity contribution < 1.29 is 17.6 Å². The van der Waals surface area contributed by atoms with E-state index in [2.05, 4.69) is 10.1 Å². The summed E-state index contributed by atoms with van der Waals surface area (Å²) in [6.45, 7) is 0. The van der Waals surface area contributed by atoms with Crippen molar-refractivity contribution in [2.75, 3.05) is 5.73 Å². The van der Waals surface area contributed by atoms with Crippen molar-refractivity contribution in [3.63, 3.8) is 0 Å². The summed E-state index contributed by atoms with van der Waals surface area (Å²) in [4.78, 5) is 4.02. The van der Waals surface area contributed by atoms with Gasteiger partial charge in [-0.3, -0.25) is 0 Å². The van der Waals surface area contributed by atoms with E-state index < -0.39 is 11.7 Å². The Bertz CT molecular complexity index is 744. The van der Waals surface area contributed by atoms with Crippen LogP contribution in [-0.4, -0.2) is 14.8 Å². The molecule has 0 saturated carbocycles. The van der Waals surface area contributed by atoms with Crippen LogP contribution in [0, 0.1) is 0 Å². The van der Waals surface area contributed by atoms with Crippen molar-refractivity contribution in [3.8, 4) is 6.01 Å². The Morgan fingerprint density at radius 1 is 1.26 bits per heavy atom. The lowest BCUT2D eigenvalue weighted by molar-refractivity contribution is -0.137. The number of fused-ring (bicyclic) bond motifs is 1. The third kappa shape index (κ3) is 1.90. The minimum absolute atomic E-state index is 0.0663. The summed E-state index contributed by atoms with van der Waals surface area (Å²) in [6, 6.07) is 4.84. The molecule has 2 N–H and O–H groups in total. The Balaban J connectivity index is 2.09. The van der Waals surface area contributed by atoms with Crippen LogP contribution in [0.25, 0.3) is 17.1 Å². The molecule has 19 heavy (non-hydrogen) atoms. The summed E-state index contributed by atoms with van der Waals surface area (Å²) < 4.78 is 43.6. The molecule has 0 bridgehead atoms. The summed E-state index contributed by atoms with van der Waals surface area (Å²) in [7, 11) is 0. The smallest absolute Gasteiger partial charge is 0.419 e. The van der Waals surface area contributed by atoms with Gasteiger partial charge in [-0.05, 0) is 12.1 Å². The number of halogens is 3. The maximum absolute atomic E-state index is 12.5. The first-order chi connectivity index (χ1) is 8.95. The van der Waals surface area contributed by atoms with Gasteiger partial charge >= 0.3 is 12.2 Å². The third-order valence-electron chi connectivity index (χ3n) is 2.54. The first-order valence-electron chi connectivity index (χ1n) is 5.22. The quantitative estimate of drug-likeness (QED) is 0.689. The number of oxazole rings is 1. The highest BCUT2D eigenvalue weighted by Gasteiger charge is 2.32. The monoisotopic (exact) mass is 268 g/mol. The lowest BCUT2D eigenvalue weighted by Gasteiger charge is -1.99. The Hall–Kier alpha value is -2.51. The molecular weight excluding hydrogens is 261 g/mol. The lowest BCUT2D eigenvalue weighted by Crippen LogP contribution is -2.03. The SMILES string of the molecule is Nc1cccc2oc(-n3cc(C(F)(F)F)cn3)nc12. The number of nitrogen functional groups attached to an aromatic ring is 1. The standard InChI is InChI=1S/C11H7F3N4O/c12-11(13,14)6-4-16-18(5-6)10-17-9-7(15)2-1-3-8(9)19-10/h1-5H,15H2. The number of benzene rings is 1. The van der Waals surface area contributed by atoms with Gasteiger partial charge in [0.15, 0.2) is 5.58 Å². The lowest BCUT2D eigenvalue weighted by atomic mass is 10.3. The minimum atomic E-state index is -4.46. The molecule has 3 rings (SSSR count). The van der Waals surface area contributed by atoms with Crippen LogP contribution in [0.1, 0.15) is 5.56 Å². The Morgan fingerprint density at radius 2 is 2.05 bits per heavy atom. The normalized spacial score (nSPS) is 12.2.